The molecule has 1 heteroatoms. The summed E-state index contributed by atoms with van der Waals surface area (Å²) >= 11 is 0. The fourth-order valence-corrected chi connectivity index (χ4v) is 2.81. The molecule has 2 aliphatic carbocycles. The topological polar surface area (TPSA) is 26.0 Å². The summed E-state index contributed by atoms with van der Waals surface area (Å²) in [5.74, 6) is 0.874. The van der Waals surface area contributed by atoms with Crippen LogP contribution >= 0.6 is 0 Å². The molecule has 0 amide bonds. The van der Waals surface area contributed by atoms with Gasteiger partial charge in [0.05, 0.1) is 0 Å². The van der Waals surface area contributed by atoms with E-state index in [2.05, 4.69) is 6.92 Å². The molecule has 2 bridgehead atoms. The molecule has 58 valence electrons. The second kappa shape index (κ2) is 1.97. The van der Waals surface area contributed by atoms with Crippen LogP contribution in [-0.2, 0) is 0 Å². The van der Waals surface area contributed by atoms with Crippen molar-refractivity contribution >= 4 is 0 Å². The summed E-state index contributed by atoms with van der Waals surface area (Å²) in [6.45, 7) is 2.37. The third-order valence-electron chi connectivity index (χ3n) is 3.72. The van der Waals surface area contributed by atoms with Crippen molar-refractivity contribution in [3.8, 4) is 0 Å². The van der Waals surface area contributed by atoms with Gasteiger partial charge in [-0.25, -0.2) is 0 Å². The highest BCUT2D eigenvalue weighted by molar-refractivity contribution is 4.99. The molecule has 0 aromatic carbocycles. The molecule has 0 aliphatic heterocycles. The van der Waals surface area contributed by atoms with Crippen LogP contribution in [0.1, 0.15) is 39.0 Å². The summed E-state index contributed by atoms with van der Waals surface area (Å²) in [6, 6.07) is 0.529. The van der Waals surface area contributed by atoms with E-state index in [0.717, 1.165) is 5.92 Å². The first-order valence-electron chi connectivity index (χ1n) is 4.48. The Kier molecular flexibility index (Phi) is 1.31. The summed E-state index contributed by atoms with van der Waals surface area (Å²) in [5.41, 5.74) is 6.65. The molecule has 1 nitrogen and oxygen atoms in total. The number of hydrogen-bond acceptors (Lipinski definition) is 1. The van der Waals surface area contributed by atoms with Crippen molar-refractivity contribution in [2.75, 3.05) is 0 Å². The van der Waals surface area contributed by atoms with E-state index in [1.54, 1.807) is 0 Å². The molecule has 2 N–H and O–H groups in total. The molecule has 0 unspecified atom stereocenters. The smallest absolute Gasteiger partial charge is 0.0121 e. The van der Waals surface area contributed by atoms with Gasteiger partial charge in [-0.3, -0.25) is 0 Å². The van der Waals surface area contributed by atoms with Gasteiger partial charge >= 0.3 is 0 Å². The Labute approximate surface area is 63.0 Å². The normalized spacial score (nSPS) is 53.4. The average Bonchev–Trinajstić information content (AvgIpc) is 2.18. The molecular formula is C9H17N. The largest absolute Gasteiger partial charge is 0.327 e. The van der Waals surface area contributed by atoms with Gasteiger partial charge in [0.25, 0.3) is 0 Å². The monoisotopic (exact) mass is 139 g/mol. The molecule has 0 aromatic heterocycles. The zero-order valence-corrected chi connectivity index (χ0v) is 6.77. The van der Waals surface area contributed by atoms with Crippen LogP contribution in [0, 0.1) is 11.3 Å². The lowest BCUT2D eigenvalue weighted by molar-refractivity contribution is 0.194. The fourth-order valence-electron chi connectivity index (χ4n) is 2.81. The van der Waals surface area contributed by atoms with Crippen LogP contribution in [0.15, 0.2) is 0 Å². The highest BCUT2D eigenvalue weighted by Gasteiger charge is 2.45. The summed E-state index contributed by atoms with van der Waals surface area (Å²) < 4.78 is 0. The van der Waals surface area contributed by atoms with E-state index in [0.29, 0.717) is 11.5 Å². The van der Waals surface area contributed by atoms with Crippen LogP contribution in [-0.4, -0.2) is 6.04 Å². The number of rotatable bonds is 0. The standard InChI is InChI=1S/C9H17N/c1-9-5-2-3-7(4-6-9)8(9)10/h7-8H,2-6,10H2,1H3/t7-,8-,9+/m1/s1. The van der Waals surface area contributed by atoms with Gasteiger partial charge in [-0.05, 0) is 37.0 Å². The zero-order chi connectivity index (χ0) is 7.19. The van der Waals surface area contributed by atoms with E-state index in [4.69, 9.17) is 5.73 Å². The average molecular weight is 139 g/mol. The van der Waals surface area contributed by atoms with Gasteiger partial charge in [0, 0.05) is 6.04 Å². The third-order valence-corrected chi connectivity index (χ3v) is 3.72. The maximum absolute atomic E-state index is 6.12. The van der Waals surface area contributed by atoms with E-state index < -0.39 is 0 Å². The van der Waals surface area contributed by atoms with Gasteiger partial charge < -0.3 is 5.73 Å². The van der Waals surface area contributed by atoms with Crippen LogP contribution in [0.4, 0.5) is 0 Å². The third kappa shape index (κ3) is 0.731. The van der Waals surface area contributed by atoms with E-state index in [9.17, 15) is 0 Å². The van der Waals surface area contributed by atoms with E-state index in [1.165, 1.54) is 32.1 Å². The van der Waals surface area contributed by atoms with Crippen molar-refractivity contribution in [1.82, 2.24) is 0 Å². The van der Waals surface area contributed by atoms with Crippen molar-refractivity contribution in [2.24, 2.45) is 17.1 Å². The number of hydrogen-bond donors (Lipinski definition) is 1. The van der Waals surface area contributed by atoms with Gasteiger partial charge in [0.2, 0.25) is 0 Å². The SMILES string of the molecule is C[C@]12CCC[C@H](CC1)[C@H]2N. The fraction of sp³-hybridized carbons (Fsp3) is 1.00. The zero-order valence-electron chi connectivity index (χ0n) is 6.77. The van der Waals surface area contributed by atoms with Crippen molar-refractivity contribution in [1.29, 1.82) is 0 Å². The molecule has 0 saturated heterocycles. The maximum Gasteiger partial charge on any atom is 0.0121 e. The molecule has 0 heterocycles. The lowest BCUT2D eigenvalue weighted by Gasteiger charge is -2.35. The first kappa shape index (κ1) is 6.66. The summed E-state index contributed by atoms with van der Waals surface area (Å²) in [5, 5.41) is 0. The van der Waals surface area contributed by atoms with E-state index in [-0.39, 0.29) is 0 Å². The Bertz CT molecular complexity index is 140. The molecule has 2 saturated carbocycles. The van der Waals surface area contributed by atoms with Crippen molar-refractivity contribution in [3.63, 3.8) is 0 Å². The van der Waals surface area contributed by atoms with Gasteiger partial charge in [0.15, 0.2) is 0 Å². The second-order valence-electron chi connectivity index (χ2n) is 4.37. The quantitative estimate of drug-likeness (QED) is 0.545. The molecule has 2 fully saturated rings. The van der Waals surface area contributed by atoms with Gasteiger partial charge in [-0.15, -0.1) is 0 Å². The highest BCUT2D eigenvalue weighted by Crippen LogP contribution is 2.49. The van der Waals surface area contributed by atoms with Gasteiger partial charge in [0.1, 0.15) is 0 Å². The molecule has 2 aliphatic rings. The van der Waals surface area contributed by atoms with Crippen LogP contribution < -0.4 is 5.73 Å². The molecule has 3 atom stereocenters. The molecule has 0 aromatic rings. The highest BCUT2D eigenvalue weighted by atomic mass is 14.7. The first-order chi connectivity index (χ1) is 4.72. The van der Waals surface area contributed by atoms with Gasteiger partial charge in [-0.2, -0.15) is 0 Å². The minimum absolute atomic E-state index is 0.529. The maximum atomic E-state index is 6.12. The van der Waals surface area contributed by atoms with Gasteiger partial charge in [-0.1, -0.05) is 13.3 Å². The Morgan fingerprint density at radius 1 is 1.30 bits per heavy atom. The van der Waals surface area contributed by atoms with Crippen molar-refractivity contribution in [2.45, 2.75) is 45.1 Å². The lowest BCUT2D eigenvalue weighted by Crippen LogP contribution is -2.41. The molecule has 2 rings (SSSR count). The Morgan fingerprint density at radius 2 is 2.10 bits per heavy atom. The summed E-state index contributed by atoms with van der Waals surface area (Å²) in [4.78, 5) is 0. The predicted octanol–water partition coefficient (Wildman–Crippen LogP) is 1.91. The van der Waals surface area contributed by atoms with E-state index >= 15 is 0 Å². The molecule has 0 spiro atoms. The second-order valence-corrected chi connectivity index (χ2v) is 4.37. The summed E-state index contributed by atoms with van der Waals surface area (Å²) in [7, 11) is 0. The first-order valence-corrected chi connectivity index (χ1v) is 4.48. The Balaban J connectivity index is 2.21. The lowest BCUT2D eigenvalue weighted by atomic mass is 9.74. The molecule has 10 heavy (non-hydrogen) atoms. The van der Waals surface area contributed by atoms with E-state index in [1.807, 2.05) is 0 Å². The molecular weight excluding hydrogens is 122 g/mol. The van der Waals surface area contributed by atoms with Crippen LogP contribution in [0.3, 0.4) is 0 Å². The predicted molar refractivity (Wildman–Crippen MR) is 42.7 cm³/mol. The summed E-state index contributed by atoms with van der Waals surface area (Å²) in [6.07, 6.45) is 6.99. The minimum atomic E-state index is 0.529. The van der Waals surface area contributed by atoms with Crippen molar-refractivity contribution < 1.29 is 0 Å². The van der Waals surface area contributed by atoms with Crippen LogP contribution in [0.2, 0.25) is 0 Å². The number of fused-ring (bicyclic) bond motifs is 2. The Hall–Kier alpha value is -0.0400. The van der Waals surface area contributed by atoms with Crippen LogP contribution in [0.5, 0.6) is 0 Å². The Morgan fingerprint density at radius 3 is 2.70 bits per heavy atom. The van der Waals surface area contributed by atoms with Crippen LogP contribution in [0.25, 0.3) is 0 Å². The van der Waals surface area contributed by atoms with Crippen molar-refractivity contribution in [3.05, 3.63) is 0 Å². The minimum Gasteiger partial charge on any atom is -0.327 e. The molecule has 0 radical (unpaired) electrons. The number of nitrogens with two attached hydrogens (primary N) is 1.